The maximum atomic E-state index is 4.84. The second-order valence-electron chi connectivity index (χ2n) is 7.74. The van der Waals surface area contributed by atoms with Gasteiger partial charge in [0.25, 0.3) is 0 Å². The lowest BCUT2D eigenvalue weighted by Gasteiger charge is -2.45. The highest BCUT2D eigenvalue weighted by Crippen LogP contribution is 2.52. The van der Waals surface area contributed by atoms with E-state index in [1.54, 1.807) is 0 Å². The van der Waals surface area contributed by atoms with Crippen LogP contribution >= 0.6 is 25.3 Å². The van der Waals surface area contributed by atoms with Crippen molar-refractivity contribution in [1.82, 2.24) is 0 Å². The second kappa shape index (κ2) is 7.35. The highest BCUT2D eigenvalue weighted by atomic mass is 32.1. The summed E-state index contributed by atoms with van der Waals surface area (Å²) in [6.45, 7) is 4.62. The summed E-state index contributed by atoms with van der Waals surface area (Å²) < 4.78 is 0. The predicted octanol–water partition coefficient (Wildman–Crippen LogP) is 5.41. The van der Waals surface area contributed by atoms with Crippen molar-refractivity contribution in [2.24, 2.45) is 5.41 Å². The SMILES string of the molecule is CC1(C(C)(c2ccccc2S)c2ccccc2S)C=CC=c2ccccc2=C1. The molecule has 2 heteroatoms. The van der Waals surface area contributed by atoms with Crippen LogP contribution in [0.3, 0.4) is 0 Å². The Kier molecular flexibility index (Phi) is 5.03. The summed E-state index contributed by atoms with van der Waals surface area (Å²) in [6, 6.07) is 25.3. The molecule has 3 aromatic rings. The van der Waals surface area contributed by atoms with Gasteiger partial charge in [-0.25, -0.2) is 0 Å². The molecule has 0 nitrogen and oxygen atoms in total. The number of rotatable bonds is 3. The Bertz CT molecular complexity index is 1130. The summed E-state index contributed by atoms with van der Waals surface area (Å²) in [7, 11) is 0. The molecule has 0 heterocycles. The fourth-order valence-electron chi connectivity index (χ4n) is 4.35. The zero-order chi connectivity index (χ0) is 19.8. The maximum Gasteiger partial charge on any atom is 0.0319 e. The molecule has 1 unspecified atom stereocenters. The van der Waals surface area contributed by atoms with Crippen LogP contribution in [0.1, 0.15) is 25.0 Å². The summed E-state index contributed by atoms with van der Waals surface area (Å²) in [4.78, 5) is 1.98. The van der Waals surface area contributed by atoms with E-state index < -0.39 is 0 Å². The molecule has 0 radical (unpaired) electrons. The van der Waals surface area contributed by atoms with Crippen LogP contribution in [0, 0.1) is 5.41 Å². The molecule has 0 saturated heterocycles. The minimum atomic E-state index is -0.356. The first-order chi connectivity index (χ1) is 13.5. The molecule has 1 aliphatic rings. The Morgan fingerprint density at radius 2 is 1.21 bits per heavy atom. The zero-order valence-electron chi connectivity index (χ0n) is 16.1. The third-order valence-electron chi connectivity index (χ3n) is 6.13. The number of fused-ring (bicyclic) bond motifs is 1. The summed E-state index contributed by atoms with van der Waals surface area (Å²) in [5.41, 5.74) is 1.75. The van der Waals surface area contributed by atoms with Gasteiger partial charge in [-0.3, -0.25) is 0 Å². The smallest absolute Gasteiger partial charge is 0.0319 e. The molecule has 28 heavy (non-hydrogen) atoms. The van der Waals surface area contributed by atoms with Gasteiger partial charge in [0.05, 0.1) is 0 Å². The summed E-state index contributed by atoms with van der Waals surface area (Å²) in [6.07, 6.45) is 9.08. The van der Waals surface area contributed by atoms with E-state index in [1.165, 1.54) is 21.6 Å². The molecule has 1 atom stereocenters. The Hall–Kier alpha value is -2.16. The Morgan fingerprint density at radius 1 is 0.714 bits per heavy atom. The van der Waals surface area contributed by atoms with Gasteiger partial charge in [0.1, 0.15) is 0 Å². The minimum absolute atomic E-state index is 0.284. The van der Waals surface area contributed by atoms with Crippen molar-refractivity contribution in [2.75, 3.05) is 0 Å². The van der Waals surface area contributed by atoms with Gasteiger partial charge < -0.3 is 0 Å². The van der Waals surface area contributed by atoms with Crippen molar-refractivity contribution < 1.29 is 0 Å². The van der Waals surface area contributed by atoms with Gasteiger partial charge in [-0.05, 0) is 33.7 Å². The summed E-state index contributed by atoms with van der Waals surface area (Å²) >= 11 is 9.69. The van der Waals surface area contributed by atoms with Crippen LogP contribution in [0.15, 0.2) is 94.7 Å². The van der Waals surface area contributed by atoms with Crippen molar-refractivity contribution in [3.8, 4) is 0 Å². The first-order valence-corrected chi connectivity index (χ1v) is 10.4. The Labute approximate surface area is 178 Å². The van der Waals surface area contributed by atoms with Crippen molar-refractivity contribution in [1.29, 1.82) is 0 Å². The molecule has 0 aliphatic heterocycles. The standard InChI is InChI=1S/C26H24S2/c1-25(17-9-12-19-10-3-4-11-20(19)18-25)26(2,21-13-5-7-15-23(21)27)22-14-6-8-16-24(22)28/h3-18,27-28H,1-2H3. The van der Waals surface area contributed by atoms with E-state index in [2.05, 4.69) is 98.8 Å². The molecule has 0 N–H and O–H groups in total. The lowest BCUT2D eigenvalue weighted by atomic mass is 9.58. The lowest BCUT2D eigenvalue weighted by Crippen LogP contribution is -2.42. The Balaban J connectivity index is 2.09. The summed E-state index contributed by atoms with van der Waals surface area (Å²) in [5, 5.41) is 2.48. The largest absolute Gasteiger partial charge is 0.143 e. The molecular weight excluding hydrogens is 376 g/mol. The van der Waals surface area contributed by atoms with E-state index in [4.69, 9.17) is 25.3 Å². The zero-order valence-corrected chi connectivity index (χ0v) is 17.9. The molecule has 1 aliphatic carbocycles. The molecule has 4 rings (SSSR count). The van der Waals surface area contributed by atoms with Gasteiger partial charge in [0.15, 0.2) is 0 Å². The van der Waals surface area contributed by atoms with Crippen molar-refractivity contribution >= 4 is 37.4 Å². The molecule has 140 valence electrons. The number of benzene rings is 3. The van der Waals surface area contributed by atoms with Crippen molar-refractivity contribution in [2.45, 2.75) is 29.1 Å². The average Bonchev–Trinajstić information content (AvgIpc) is 2.87. The number of allylic oxidation sites excluding steroid dienone is 2. The van der Waals surface area contributed by atoms with Gasteiger partial charge >= 0.3 is 0 Å². The highest BCUT2D eigenvalue weighted by molar-refractivity contribution is 7.80. The highest BCUT2D eigenvalue weighted by Gasteiger charge is 2.46. The fourth-order valence-corrected chi connectivity index (χ4v) is 5.11. The van der Waals surface area contributed by atoms with Crippen molar-refractivity contribution in [3.05, 3.63) is 107 Å². The Morgan fingerprint density at radius 3 is 1.79 bits per heavy atom. The monoisotopic (exact) mass is 400 g/mol. The van der Waals surface area contributed by atoms with E-state index in [0.29, 0.717) is 0 Å². The number of hydrogen-bond donors (Lipinski definition) is 2. The molecule has 0 bridgehead atoms. The van der Waals surface area contributed by atoms with Gasteiger partial charge in [0, 0.05) is 20.6 Å². The molecule has 0 amide bonds. The van der Waals surface area contributed by atoms with E-state index >= 15 is 0 Å². The molecule has 3 aromatic carbocycles. The van der Waals surface area contributed by atoms with Crippen LogP contribution in [-0.4, -0.2) is 0 Å². The average molecular weight is 401 g/mol. The lowest BCUT2D eigenvalue weighted by molar-refractivity contribution is 0.351. The minimum Gasteiger partial charge on any atom is -0.143 e. The van der Waals surface area contributed by atoms with Crippen LogP contribution < -0.4 is 10.4 Å². The number of thiol groups is 2. The van der Waals surface area contributed by atoms with Gasteiger partial charge in [-0.2, -0.15) is 0 Å². The molecule has 0 spiro atoms. The summed E-state index contributed by atoms with van der Waals surface area (Å²) in [5.74, 6) is 0. The fraction of sp³-hybridized carbons (Fsp3) is 0.154. The van der Waals surface area contributed by atoms with Crippen LogP contribution in [0.4, 0.5) is 0 Å². The topological polar surface area (TPSA) is 0 Å². The first-order valence-electron chi connectivity index (χ1n) is 9.50. The van der Waals surface area contributed by atoms with Gasteiger partial charge in [0.2, 0.25) is 0 Å². The van der Waals surface area contributed by atoms with Crippen LogP contribution in [0.25, 0.3) is 12.2 Å². The van der Waals surface area contributed by atoms with Crippen LogP contribution in [-0.2, 0) is 5.41 Å². The third-order valence-corrected chi connectivity index (χ3v) is 6.91. The maximum absolute atomic E-state index is 4.84. The van der Waals surface area contributed by atoms with Crippen LogP contribution in [0.5, 0.6) is 0 Å². The normalized spacial score (nSPS) is 18.6. The number of hydrogen-bond acceptors (Lipinski definition) is 2. The van der Waals surface area contributed by atoms with E-state index in [9.17, 15) is 0 Å². The van der Waals surface area contributed by atoms with Gasteiger partial charge in [-0.15, -0.1) is 25.3 Å². The van der Waals surface area contributed by atoms with E-state index in [0.717, 1.165) is 9.79 Å². The first kappa shape index (κ1) is 19.2. The molecule has 0 fully saturated rings. The second-order valence-corrected chi connectivity index (χ2v) is 8.70. The van der Waals surface area contributed by atoms with Gasteiger partial charge in [-0.1, -0.05) is 98.8 Å². The van der Waals surface area contributed by atoms with E-state index in [-0.39, 0.29) is 10.8 Å². The molecular formula is C26H24S2. The van der Waals surface area contributed by atoms with Crippen LogP contribution in [0.2, 0.25) is 0 Å². The molecule has 0 saturated carbocycles. The molecule has 0 aromatic heterocycles. The quantitative estimate of drug-likeness (QED) is 0.540. The predicted molar refractivity (Wildman–Crippen MR) is 126 cm³/mol. The van der Waals surface area contributed by atoms with Crippen molar-refractivity contribution in [3.63, 3.8) is 0 Å². The third kappa shape index (κ3) is 3.05. The van der Waals surface area contributed by atoms with E-state index in [1.807, 2.05) is 12.1 Å².